The second-order valence-corrected chi connectivity index (χ2v) is 9.45. The van der Waals surface area contributed by atoms with Gasteiger partial charge >= 0.3 is 0 Å². The molecule has 174 valence electrons. The lowest BCUT2D eigenvalue weighted by atomic mass is 9.89. The molecule has 1 atom stereocenters. The highest BCUT2D eigenvalue weighted by Gasteiger charge is 2.15. The van der Waals surface area contributed by atoms with Crippen LogP contribution in [0.1, 0.15) is 28.2 Å². The zero-order valence-corrected chi connectivity index (χ0v) is 20.6. The van der Waals surface area contributed by atoms with Gasteiger partial charge in [-0.2, -0.15) is 0 Å². The molecule has 0 aliphatic carbocycles. The molecule has 34 heavy (non-hydrogen) atoms. The predicted octanol–water partition coefficient (Wildman–Crippen LogP) is 6.07. The van der Waals surface area contributed by atoms with Gasteiger partial charge in [0, 0.05) is 28.8 Å². The van der Waals surface area contributed by atoms with Gasteiger partial charge in [-0.15, -0.1) is 0 Å². The molecular formula is C30H32N2OS. The molecule has 0 aliphatic heterocycles. The summed E-state index contributed by atoms with van der Waals surface area (Å²) in [6.45, 7) is 1.72. The molecule has 0 fully saturated rings. The van der Waals surface area contributed by atoms with Crippen molar-refractivity contribution in [2.24, 2.45) is 0 Å². The van der Waals surface area contributed by atoms with Crippen molar-refractivity contribution in [3.8, 4) is 11.1 Å². The largest absolute Gasteiger partial charge is 0.392 e. The van der Waals surface area contributed by atoms with E-state index in [9.17, 15) is 5.11 Å². The second-order valence-electron chi connectivity index (χ2n) is 8.37. The van der Waals surface area contributed by atoms with Gasteiger partial charge in [0.2, 0.25) is 0 Å². The van der Waals surface area contributed by atoms with Gasteiger partial charge in [-0.3, -0.25) is 0 Å². The molecule has 0 aromatic heterocycles. The predicted molar refractivity (Wildman–Crippen MR) is 143 cm³/mol. The van der Waals surface area contributed by atoms with E-state index in [1.54, 1.807) is 11.8 Å². The number of likely N-dealkylation sites (N-methyl/N-ethyl adjacent to an activating group) is 1. The molecule has 4 heteroatoms. The molecule has 0 radical (unpaired) electrons. The van der Waals surface area contributed by atoms with Crippen LogP contribution in [0.3, 0.4) is 0 Å². The smallest absolute Gasteiger partial charge is 0.0692 e. The van der Waals surface area contributed by atoms with Gasteiger partial charge in [0.25, 0.3) is 0 Å². The first-order valence-corrected chi connectivity index (χ1v) is 12.5. The Morgan fingerprint density at radius 1 is 0.676 bits per heavy atom. The number of aliphatic hydroxyl groups is 1. The summed E-state index contributed by atoms with van der Waals surface area (Å²) >= 11 is 1.72. The van der Waals surface area contributed by atoms with E-state index in [4.69, 9.17) is 0 Å². The third-order valence-electron chi connectivity index (χ3n) is 6.03. The molecular weight excluding hydrogens is 436 g/mol. The maximum atomic E-state index is 9.79. The Labute approximate surface area is 207 Å². The monoisotopic (exact) mass is 468 g/mol. The topological polar surface area (TPSA) is 44.3 Å². The van der Waals surface area contributed by atoms with Crippen LogP contribution in [0.25, 0.3) is 11.1 Å². The zero-order chi connectivity index (χ0) is 23.8. The maximum absolute atomic E-state index is 9.79. The highest BCUT2D eigenvalue weighted by molar-refractivity contribution is 7.99. The first-order valence-electron chi connectivity index (χ1n) is 11.7. The highest BCUT2D eigenvalue weighted by atomic mass is 32.2. The molecule has 3 N–H and O–H groups in total. The summed E-state index contributed by atoms with van der Waals surface area (Å²) in [4.78, 5) is 2.29. The SMILES string of the molecule is CNCc1ccc(-c2cccc(C(CNC)c3ccccc3)c2)cc1Sc1ccccc1CO. The molecule has 0 saturated carbocycles. The van der Waals surface area contributed by atoms with E-state index in [1.165, 1.54) is 32.7 Å². The molecule has 4 aromatic carbocycles. The average molecular weight is 469 g/mol. The van der Waals surface area contributed by atoms with Gasteiger partial charge in [0.05, 0.1) is 6.61 Å². The van der Waals surface area contributed by atoms with Crippen molar-refractivity contribution >= 4 is 11.8 Å². The maximum Gasteiger partial charge on any atom is 0.0692 e. The number of benzene rings is 4. The van der Waals surface area contributed by atoms with Crippen molar-refractivity contribution in [1.82, 2.24) is 10.6 Å². The van der Waals surface area contributed by atoms with E-state index in [2.05, 4.69) is 89.5 Å². The molecule has 1 unspecified atom stereocenters. The number of nitrogens with one attached hydrogen (secondary N) is 2. The lowest BCUT2D eigenvalue weighted by Crippen LogP contribution is -2.18. The number of hydrogen-bond acceptors (Lipinski definition) is 4. The fourth-order valence-corrected chi connectivity index (χ4v) is 5.38. The minimum atomic E-state index is 0.0403. The van der Waals surface area contributed by atoms with E-state index in [-0.39, 0.29) is 6.61 Å². The molecule has 4 rings (SSSR count). The van der Waals surface area contributed by atoms with Crippen LogP contribution in [0.2, 0.25) is 0 Å². The van der Waals surface area contributed by atoms with E-state index in [0.717, 1.165) is 23.5 Å². The fraction of sp³-hybridized carbons (Fsp3) is 0.200. The number of rotatable bonds is 10. The van der Waals surface area contributed by atoms with Gasteiger partial charge in [0.15, 0.2) is 0 Å². The van der Waals surface area contributed by atoms with Crippen LogP contribution in [0.5, 0.6) is 0 Å². The van der Waals surface area contributed by atoms with Crippen molar-refractivity contribution in [2.75, 3.05) is 20.6 Å². The second kappa shape index (κ2) is 12.0. The first-order chi connectivity index (χ1) is 16.7. The standard InChI is InChI=1S/C30H32N2OS/c1-31-19-26-16-15-24(18-30(26)34-29-14-7-6-11-27(29)21-33)23-12-8-13-25(17-23)28(20-32-2)22-9-4-3-5-10-22/h3-18,28,31-33H,19-21H2,1-2H3. The van der Waals surface area contributed by atoms with Crippen molar-refractivity contribution in [2.45, 2.75) is 28.9 Å². The summed E-state index contributed by atoms with van der Waals surface area (Å²) in [5, 5.41) is 16.4. The average Bonchev–Trinajstić information content (AvgIpc) is 2.89. The van der Waals surface area contributed by atoms with Crippen molar-refractivity contribution in [1.29, 1.82) is 0 Å². The van der Waals surface area contributed by atoms with Crippen LogP contribution in [0, 0.1) is 0 Å². The molecule has 0 saturated heterocycles. The number of hydrogen-bond donors (Lipinski definition) is 3. The molecule has 0 spiro atoms. The Kier molecular flexibility index (Phi) is 8.56. The van der Waals surface area contributed by atoms with Gasteiger partial charge in [-0.25, -0.2) is 0 Å². The zero-order valence-electron chi connectivity index (χ0n) is 19.8. The lowest BCUT2D eigenvalue weighted by Gasteiger charge is -2.19. The minimum Gasteiger partial charge on any atom is -0.392 e. The van der Waals surface area contributed by atoms with Crippen molar-refractivity contribution in [3.05, 3.63) is 119 Å². The minimum absolute atomic E-state index is 0.0403. The first kappa shape index (κ1) is 24.2. The van der Waals surface area contributed by atoms with Gasteiger partial charge in [-0.05, 0) is 59.6 Å². The summed E-state index contributed by atoms with van der Waals surface area (Å²) < 4.78 is 0. The van der Waals surface area contributed by atoms with Crippen LogP contribution >= 0.6 is 11.8 Å². The molecule has 4 aromatic rings. The molecule has 3 nitrogen and oxygen atoms in total. The van der Waals surface area contributed by atoms with Crippen LogP contribution < -0.4 is 10.6 Å². The van der Waals surface area contributed by atoms with E-state index < -0.39 is 0 Å². The number of aliphatic hydroxyl groups excluding tert-OH is 1. The van der Waals surface area contributed by atoms with Crippen LogP contribution in [-0.2, 0) is 13.2 Å². The van der Waals surface area contributed by atoms with E-state index >= 15 is 0 Å². The third kappa shape index (κ3) is 5.78. The summed E-state index contributed by atoms with van der Waals surface area (Å²) in [5.74, 6) is 0.292. The normalized spacial score (nSPS) is 12.0. The summed E-state index contributed by atoms with van der Waals surface area (Å²) in [6.07, 6.45) is 0. The van der Waals surface area contributed by atoms with E-state index in [0.29, 0.717) is 5.92 Å². The molecule has 0 amide bonds. The van der Waals surface area contributed by atoms with Crippen molar-refractivity contribution in [3.63, 3.8) is 0 Å². The van der Waals surface area contributed by atoms with Gasteiger partial charge < -0.3 is 15.7 Å². The molecule has 0 bridgehead atoms. The molecule has 0 heterocycles. The van der Waals surface area contributed by atoms with Crippen molar-refractivity contribution < 1.29 is 5.11 Å². The van der Waals surface area contributed by atoms with E-state index in [1.807, 2.05) is 32.3 Å². The lowest BCUT2D eigenvalue weighted by molar-refractivity contribution is 0.279. The Morgan fingerprint density at radius 3 is 2.18 bits per heavy atom. The van der Waals surface area contributed by atoms with Crippen LogP contribution in [-0.4, -0.2) is 25.7 Å². The van der Waals surface area contributed by atoms with Crippen LogP contribution in [0.15, 0.2) is 107 Å². The van der Waals surface area contributed by atoms with Gasteiger partial charge in [0.1, 0.15) is 0 Å². The Morgan fingerprint density at radius 2 is 1.41 bits per heavy atom. The third-order valence-corrected chi connectivity index (χ3v) is 7.25. The summed E-state index contributed by atoms with van der Waals surface area (Å²) in [5.41, 5.74) is 7.22. The Balaban J connectivity index is 1.71. The fourth-order valence-electron chi connectivity index (χ4n) is 4.27. The molecule has 0 aliphatic rings. The highest BCUT2D eigenvalue weighted by Crippen LogP contribution is 2.36. The van der Waals surface area contributed by atoms with Gasteiger partial charge in [-0.1, -0.05) is 96.7 Å². The van der Waals surface area contributed by atoms with Crippen LogP contribution in [0.4, 0.5) is 0 Å². The summed E-state index contributed by atoms with van der Waals surface area (Å²) in [7, 11) is 3.98. The quantitative estimate of drug-likeness (QED) is 0.264. The Bertz CT molecular complexity index is 1210. The summed E-state index contributed by atoms with van der Waals surface area (Å²) in [6, 6.07) is 34.3. The Hall–Kier alpha value is -2.89.